The van der Waals surface area contributed by atoms with Gasteiger partial charge in [-0.2, -0.15) is 27.0 Å². The minimum Gasteiger partial charge on any atom is -0.352 e. The van der Waals surface area contributed by atoms with Crippen molar-refractivity contribution < 1.29 is 26.7 Å². The fourth-order valence-electron chi connectivity index (χ4n) is 5.38. The van der Waals surface area contributed by atoms with Crippen molar-refractivity contribution in [1.82, 2.24) is 21.1 Å². The number of hydrazine groups is 1. The van der Waals surface area contributed by atoms with Gasteiger partial charge in [-0.15, -0.1) is 0 Å². The lowest BCUT2D eigenvalue weighted by molar-refractivity contribution is -0.187. The zero-order chi connectivity index (χ0) is 21.9. The van der Waals surface area contributed by atoms with E-state index in [4.69, 9.17) is 0 Å². The SMILES string of the molecule is C=CC(=O)NCC1CNC(C2CCCC(C(F)(F)F)C2)CC1C1CCN(C(F)F)N1. The molecule has 172 valence electrons. The maximum Gasteiger partial charge on any atom is 0.391 e. The molecule has 0 aromatic carbocycles. The maximum atomic E-state index is 13.2. The molecule has 0 aromatic heterocycles. The van der Waals surface area contributed by atoms with Crippen molar-refractivity contribution in [2.24, 2.45) is 23.7 Å². The Labute approximate surface area is 173 Å². The monoisotopic (exact) mass is 438 g/mol. The van der Waals surface area contributed by atoms with Gasteiger partial charge in [-0.05, 0) is 55.9 Å². The lowest BCUT2D eigenvalue weighted by Gasteiger charge is -2.45. The van der Waals surface area contributed by atoms with Gasteiger partial charge in [0, 0.05) is 31.7 Å². The van der Waals surface area contributed by atoms with Crippen LogP contribution in [0.5, 0.6) is 0 Å². The summed E-state index contributed by atoms with van der Waals surface area (Å²) < 4.78 is 65.9. The molecule has 0 bridgehead atoms. The fourth-order valence-corrected chi connectivity index (χ4v) is 5.38. The van der Waals surface area contributed by atoms with Crippen LogP contribution in [-0.4, -0.2) is 55.4 Å². The topological polar surface area (TPSA) is 56.4 Å². The number of rotatable bonds is 6. The molecule has 1 amide bonds. The number of nitrogens with one attached hydrogen (secondary N) is 3. The number of hydrogen-bond acceptors (Lipinski definition) is 4. The standard InChI is InChI=1S/C20H31F5N4O/c1-2-18(30)27-11-13-10-26-17(12-4-3-5-14(8-12)20(23,24)25)9-15(13)16-6-7-29(28-16)19(21)22/h2,12-17,19,26,28H,1,3-11H2,(H,27,30). The third kappa shape index (κ3) is 5.70. The third-order valence-corrected chi connectivity index (χ3v) is 7.01. The molecular weight excluding hydrogens is 407 g/mol. The Kier molecular flexibility index (Phi) is 7.73. The van der Waals surface area contributed by atoms with Gasteiger partial charge in [-0.1, -0.05) is 13.0 Å². The summed E-state index contributed by atoms with van der Waals surface area (Å²) in [5, 5.41) is 7.10. The molecule has 5 nitrogen and oxygen atoms in total. The highest BCUT2D eigenvalue weighted by Crippen LogP contribution is 2.43. The number of alkyl halides is 5. The molecule has 0 aromatic rings. The van der Waals surface area contributed by atoms with Gasteiger partial charge >= 0.3 is 12.7 Å². The minimum atomic E-state index is -4.17. The predicted octanol–water partition coefficient (Wildman–Crippen LogP) is 3.05. The average molecular weight is 438 g/mol. The second-order valence-electron chi connectivity index (χ2n) is 8.78. The lowest BCUT2D eigenvalue weighted by Crippen LogP contribution is -2.56. The van der Waals surface area contributed by atoms with Crippen LogP contribution >= 0.6 is 0 Å². The number of nitrogens with zero attached hydrogens (tertiary/aromatic N) is 1. The molecule has 2 aliphatic heterocycles. The first-order valence-electron chi connectivity index (χ1n) is 10.7. The molecule has 3 rings (SSSR count). The number of carbonyl (C=O) groups excluding carboxylic acids is 1. The zero-order valence-electron chi connectivity index (χ0n) is 16.9. The van der Waals surface area contributed by atoms with Crippen LogP contribution in [0.3, 0.4) is 0 Å². The zero-order valence-corrected chi connectivity index (χ0v) is 16.9. The van der Waals surface area contributed by atoms with Crippen LogP contribution < -0.4 is 16.1 Å². The van der Waals surface area contributed by atoms with Crippen LogP contribution in [0.2, 0.25) is 0 Å². The summed E-state index contributed by atoms with van der Waals surface area (Å²) in [4.78, 5) is 11.6. The number of halogens is 5. The molecule has 0 radical (unpaired) electrons. The van der Waals surface area contributed by atoms with Crippen molar-refractivity contribution in [2.75, 3.05) is 19.6 Å². The second-order valence-corrected chi connectivity index (χ2v) is 8.78. The van der Waals surface area contributed by atoms with Crippen LogP contribution in [0, 0.1) is 23.7 Å². The van der Waals surface area contributed by atoms with E-state index >= 15 is 0 Å². The Morgan fingerprint density at radius 2 is 1.97 bits per heavy atom. The Hall–Kier alpha value is -1.26. The summed E-state index contributed by atoms with van der Waals surface area (Å²) in [5.74, 6) is -1.66. The van der Waals surface area contributed by atoms with Gasteiger partial charge in [-0.3, -0.25) is 4.79 Å². The average Bonchev–Trinajstić information content (AvgIpc) is 3.22. The van der Waals surface area contributed by atoms with E-state index in [1.54, 1.807) is 0 Å². The van der Waals surface area contributed by atoms with Crippen LogP contribution in [0.15, 0.2) is 12.7 Å². The van der Waals surface area contributed by atoms with E-state index in [0.29, 0.717) is 32.4 Å². The predicted molar refractivity (Wildman–Crippen MR) is 102 cm³/mol. The molecule has 3 fully saturated rings. The molecule has 2 saturated heterocycles. The van der Waals surface area contributed by atoms with E-state index < -0.39 is 18.6 Å². The molecule has 3 N–H and O–H groups in total. The molecule has 6 unspecified atom stereocenters. The quantitative estimate of drug-likeness (QED) is 0.339. The van der Waals surface area contributed by atoms with Crippen LogP contribution in [0.25, 0.3) is 0 Å². The highest BCUT2D eigenvalue weighted by molar-refractivity contribution is 5.86. The van der Waals surface area contributed by atoms with E-state index in [0.717, 1.165) is 11.4 Å². The summed E-state index contributed by atoms with van der Waals surface area (Å²) in [6.07, 6.45) is -0.239. The van der Waals surface area contributed by atoms with E-state index in [1.807, 2.05) is 0 Å². The van der Waals surface area contributed by atoms with Gasteiger partial charge in [0.25, 0.3) is 0 Å². The number of carbonyl (C=O) groups is 1. The Morgan fingerprint density at radius 1 is 1.20 bits per heavy atom. The Morgan fingerprint density at radius 3 is 2.60 bits per heavy atom. The Bertz CT molecular complexity index is 602. The molecule has 30 heavy (non-hydrogen) atoms. The molecule has 10 heteroatoms. The van der Waals surface area contributed by atoms with Crippen LogP contribution in [-0.2, 0) is 4.79 Å². The molecule has 1 aliphatic carbocycles. The summed E-state index contributed by atoms with van der Waals surface area (Å²) in [7, 11) is 0. The lowest BCUT2D eigenvalue weighted by atomic mass is 9.70. The van der Waals surface area contributed by atoms with E-state index in [2.05, 4.69) is 22.6 Å². The van der Waals surface area contributed by atoms with Gasteiger partial charge in [-0.25, -0.2) is 5.43 Å². The van der Waals surface area contributed by atoms with Crippen LogP contribution in [0.1, 0.15) is 38.5 Å². The fraction of sp³-hybridized carbons (Fsp3) is 0.850. The van der Waals surface area contributed by atoms with Gasteiger partial charge in [0.1, 0.15) is 0 Å². The summed E-state index contributed by atoms with van der Waals surface area (Å²) >= 11 is 0. The van der Waals surface area contributed by atoms with E-state index in [1.165, 1.54) is 6.08 Å². The third-order valence-electron chi connectivity index (χ3n) is 7.01. The first-order chi connectivity index (χ1) is 14.2. The number of amides is 1. The van der Waals surface area contributed by atoms with Gasteiger partial charge in [0.2, 0.25) is 5.91 Å². The first-order valence-corrected chi connectivity index (χ1v) is 10.7. The van der Waals surface area contributed by atoms with Crippen molar-refractivity contribution in [3.63, 3.8) is 0 Å². The maximum absolute atomic E-state index is 13.2. The van der Waals surface area contributed by atoms with Crippen LogP contribution in [0.4, 0.5) is 22.0 Å². The molecule has 3 aliphatic rings. The van der Waals surface area contributed by atoms with Gasteiger partial charge in [0.05, 0.1) is 5.92 Å². The summed E-state index contributed by atoms with van der Waals surface area (Å²) in [6, 6.07) is -0.259. The second kappa shape index (κ2) is 9.91. The van der Waals surface area contributed by atoms with E-state index in [-0.39, 0.29) is 55.1 Å². The molecule has 6 atom stereocenters. The largest absolute Gasteiger partial charge is 0.391 e. The normalized spacial score (nSPS) is 36.1. The van der Waals surface area contributed by atoms with Crippen molar-refractivity contribution in [2.45, 2.75) is 63.3 Å². The summed E-state index contributed by atoms with van der Waals surface area (Å²) in [5.41, 5.74) is 2.89. The van der Waals surface area contributed by atoms with Crippen molar-refractivity contribution in [3.8, 4) is 0 Å². The van der Waals surface area contributed by atoms with Crippen molar-refractivity contribution >= 4 is 5.91 Å². The van der Waals surface area contributed by atoms with E-state index in [9.17, 15) is 26.7 Å². The number of piperidine rings is 1. The molecular formula is C20H31F5N4O. The van der Waals surface area contributed by atoms with Crippen molar-refractivity contribution in [3.05, 3.63) is 12.7 Å². The Balaban J connectivity index is 1.67. The minimum absolute atomic E-state index is 0.00211. The van der Waals surface area contributed by atoms with Gasteiger partial charge < -0.3 is 10.6 Å². The molecule has 2 heterocycles. The molecule has 0 spiro atoms. The summed E-state index contributed by atoms with van der Waals surface area (Å²) in [6.45, 7) is 1.96. The highest BCUT2D eigenvalue weighted by atomic mass is 19.4. The number of hydrogen-bond donors (Lipinski definition) is 3. The smallest absolute Gasteiger partial charge is 0.352 e. The highest BCUT2D eigenvalue weighted by Gasteiger charge is 2.46. The van der Waals surface area contributed by atoms with Gasteiger partial charge in [0.15, 0.2) is 0 Å². The van der Waals surface area contributed by atoms with Crippen molar-refractivity contribution in [1.29, 1.82) is 0 Å². The molecule has 1 saturated carbocycles. The first kappa shape index (κ1) is 23.4.